The molecule has 4 rings (SSSR count). The van der Waals surface area contributed by atoms with Crippen molar-refractivity contribution in [1.82, 2.24) is 5.32 Å². The molecule has 0 fully saturated rings. The van der Waals surface area contributed by atoms with Crippen LogP contribution in [-0.4, -0.2) is 18.9 Å². The molecule has 0 spiro atoms. The second-order valence-corrected chi connectivity index (χ2v) is 5.41. The summed E-state index contributed by atoms with van der Waals surface area (Å²) in [7, 11) is 1.58. The minimum absolute atomic E-state index is 0.390. The predicted octanol–water partition coefficient (Wildman–Crippen LogP) is 3.25. The van der Waals surface area contributed by atoms with Crippen LogP contribution in [0.3, 0.4) is 0 Å². The molecule has 1 aliphatic heterocycles. The molecule has 2 amide bonds. The van der Waals surface area contributed by atoms with Gasteiger partial charge in [-0.3, -0.25) is 14.9 Å². The lowest BCUT2D eigenvalue weighted by molar-refractivity contribution is -0.114. The number of methoxy groups -OCH3 is 1. The van der Waals surface area contributed by atoms with Crippen LogP contribution in [0.1, 0.15) is 21.7 Å². The smallest absolute Gasteiger partial charge is 0.258 e. The monoisotopic (exact) mass is 319 g/mol. The van der Waals surface area contributed by atoms with Crippen LogP contribution in [0.2, 0.25) is 0 Å². The fraction of sp³-hybridized carbons (Fsp3) is 0.0526. The Kier molecular flexibility index (Phi) is 3.20. The number of hydrogen-bond donors (Lipinski definition) is 1. The third kappa shape index (κ3) is 2.18. The molecular weight excluding hydrogens is 306 g/mol. The van der Waals surface area contributed by atoms with Crippen LogP contribution in [-0.2, 0) is 4.79 Å². The van der Waals surface area contributed by atoms with Crippen LogP contribution >= 0.6 is 0 Å². The van der Waals surface area contributed by atoms with Crippen molar-refractivity contribution in [3.63, 3.8) is 0 Å². The molecule has 0 bridgehead atoms. The van der Waals surface area contributed by atoms with E-state index in [2.05, 4.69) is 5.32 Å². The van der Waals surface area contributed by atoms with Crippen LogP contribution in [0.5, 0.6) is 5.75 Å². The number of amides is 2. The number of carbonyl (C=O) groups excluding carboxylic acids is 2. The van der Waals surface area contributed by atoms with Crippen molar-refractivity contribution in [3.8, 4) is 5.75 Å². The molecule has 24 heavy (non-hydrogen) atoms. The lowest BCUT2D eigenvalue weighted by Crippen LogP contribution is -2.36. The molecule has 0 atom stereocenters. The van der Waals surface area contributed by atoms with E-state index in [-0.39, 0.29) is 5.91 Å². The standard InChI is InChI=1S/C19H13NO4/c1-23-16-8-4-5-11-9-12(24-17(11)16)10-15-13-6-2-3-7-14(13)18(21)20-19(15)22/h2-10H,1H3,(H,20,21,22)/b15-10+. The van der Waals surface area contributed by atoms with E-state index in [9.17, 15) is 9.59 Å². The third-order valence-corrected chi connectivity index (χ3v) is 3.97. The van der Waals surface area contributed by atoms with Crippen molar-refractivity contribution in [2.45, 2.75) is 0 Å². The van der Waals surface area contributed by atoms with Crippen molar-refractivity contribution in [3.05, 3.63) is 65.4 Å². The van der Waals surface area contributed by atoms with Gasteiger partial charge < -0.3 is 9.15 Å². The van der Waals surface area contributed by atoms with Gasteiger partial charge in [-0.25, -0.2) is 0 Å². The number of ether oxygens (including phenoxy) is 1. The average molecular weight is 319 g/mol. The Hall–Kier alpha value is -3.34. The number of imide groups is 1. The molecule has 1 aliphatic rings. The summed E-state index contributed by atoms with van der Waals surface area (Å²) in [6, 6.07) is 14.4. The Labute approximate surface area is 137 Å². The number of rotatable bonds is 2. The third-order valence-electron chi connectivity index (χ3n) is 3.97. The molecule has 118 valence electrons. The minimum atomic E-state index is -0.439. The fourth-order valence-corrected chi connectivity index (χ4v) is 2.85. The van der Waals surface area contributed by atoms with Crippen molar-refractivity contribution in [2.24, 2.45) is 0 Å². The highest BCUT2D eigenvalue weighted by Gasteiger charge is 2.27. The highest BCUT2D eigenvalue weighted by Crippen LogP contribution is 2.31. The quantitative estimate of drug-likeness (QED) is 0.581. The highest BCUT2D eigenvalue weighted by atomic mass is 16.5. The number of furan rings is 1. The lowest BCUT2D eigenvalue weighted by atomic mass is 9.94. The van der Waals surface area contributed by atoms with Gasteiger partial charge in [-0.05, 0) is 24.3 Å². The molecule has 1 aromatic heterocycles. The number of carbonyl (C=O) groups is 2. The Morgan fingerprint density at radius 3 is 2.58 bits per heavy atom. The number of nitrogens with one attached hydrogen (secondary N) is 1. The number of hydrogen-bond acceptors (Lipinski definition) is 4. The summed E-state index contributed by atoms with van der Waals surface area (Å²) in [5.41, 5.74) is 2.08. The van der Waals surface area contributed by atoms with Gasteiger partial charge in [0, 0.05) is 16.5 Å². The summed E-state index contributed by atoms with van der Waals surface area (Å²) < 4.78 is 11.1. The van der Waals surface area contributed by atoms with E-state index in [1.165, 1.54) is 0 Å². The number of fused-ring (bicyclic) bond motifs is 2. The molecule has 0 saturated carbocycles. The van der Waals surface area contributed by atoms with Crippen molar-refractivity contribution in [2.75, 3.05) is 7.11 Å². The summed E-state index contributed by atoms with van der Waals surface area (Å²) in [5, 5.41) is 3.23. The summed E-state index contributed by atoms with van der Waals surface area (Å²) in [5.74, 6) is 0.315. The molecule has 0 radical (unpaired) electrons. The molecule has 1 N–H and O–H groups in total. The van der Waals surface area contributed by atoms with Crippen molar-refractivity contribution in [1.29, 1.82) is 0 Å². The van der Waals surface area contributed by atoms with Crippen LogP contribution in [0.25, 0.3) is 22.6 Å². The molecule has 0 unspecified atom stereocenters. The number of para-hydroxylation sites is 1. The summed E-state index contributed by atoms with van der Waals surface area (Å²) in [6.07, 6.45) is 1.64. The Balaban J connectivity index is 1.88. The molecule has 0 aliphatic carbocycles. The molecular formula is C19H13NO4. The van der Waals surface area contributed by atoms with E-state index in [4.69, 9.17) is 9.15 Å². The Morgan fingerprint density at radius 2 is 1.79 bits per heavy atom. The van der Waals surface area contributed by atoms with Crippen LogP contribution < -0.4 is 10.1 Å². The topological polar surface area (TPSA) is 68.5 Å². The molecule has 5 heteroatoms. The molecule has 5 nitrogen and oxygen atoms in total. The first-order chi connectivity index (χ1) is 11.7. The van der Waals surface area contributed by atoms with Crippen molar-refractivity contribution >= 4 is 34.4 Å². The van der Waals surface area contributed by atoms with Gasteiger partial charge in [0.2, 0.25) is 0 Å². The van der Waals surface area contributed by atoms with Gasteiger partial charge in [0.05, 0.1) is 12.7 Å². The average Bonchev–Trinajstić information content (AvgIpc) is 3.01. The van der Waals surface area contributed by atoms with Gasteiger partial charge in [-0.2, -0.15) is 0 Å². The Morgan fingerprint density at radius 1 is 1.00 bits per heavy atom. The SMILES string of the molecule is COc1cccc2cc(/C=C3/C(=O)NC(=O)c4ccccc43)oc12. The fourth-order valence-electron chi connectivity index (χ4n) is 2.85. The van der Waals surface area contributed by atoms with E-state index < -0.39 is 5.91 Å². The lowest BCUT2D eigenvalue weighted by Gasteiger charge is -2.17. The van der Waals surface area contributed by atoms with Crippen LogP contribution in [0.15, 0.2) is 52.9 Å². The van der Waals surface area contributed by atoms with Crippen LogP contribution in [0.4, 0.5) is 0 Å². The minimum Gasteiger partial charge on any atom is -0.493 e. The second-order valence-electron chi connectivity index (χ2n) is 5.41. The summed E-state index contributed by atoms with van der Waals surface area (Å²) in [4.78, 5) is 24.2. The zero-order chi connectivity index (χ0) is 16.7. The van der Waals surface area contributed by atoms with Crippen LogP contribution in [0, 0.1) is 0 Å². The van der Waals surface area contributed by atoms with Gasteiger partial charge in [0.1, 0.15) is 5.76 Å². The van der Waals surface area contributed by atoms with Gasteiger partial charge in [0.15, 0.2) is 11.3 Å². The highest BCUT2D eigenvalue weighted by molar-refractivity contribution is 6.33. The normalized spacial score (nSPS) is 15.5. The zero-order valence-corrected chi connectivity index (χ0v) is 12.8. The molecule has 2 aromatic carbocycles. The summed E-state index contributed by atoms with van der Waals surface area (Å²) >= 11 is 0. The van der Waals surface area contributed by atoms with E-state index >= 15 is 0 Å². The maximum Gasteiger partial charge on any atom is 0.258 e. The van der Waals surface area contributed by atoms with Gasteiger partial charge in [-0.15, -0.1) is 0 Å². The van der Waals surface area contributed by atoms with Gasteiger partial charge in [0.25, 0.3) is 11.8 Å². The maximum absolute atomic E-state index is 12.2. The first kappa shape index (κ1) is 14.3. The first-order valence-electron chi connectivity index (χ1n) is 7.40. The Bertz CT molecular complexity index is 1010. The maximum atomic E-state index is 12.2. The molecule has 0 saturated heterocycles. The molecule has 3 aromatic rings. The van der Waals surface area contributed by atoms with E-state index in [0.717, 1.165) is 5.39 Å². The number of benzene rings is 2. The van der Waals surface area contributed by atoms with E-state index in [1.807, 2.05) is 24.3 Å². The second kappa shape index (κ2) is 5.38. The predicted molar refractivity (Wildman–Crippen MR) is 89.6 cm³/mol. The first-order valence-corrected chi connectivity index (χ1v) is 7.40. The van der Waals surface area contributed by atoms with E-state index in [0.29, 0.717) is 33.8 Å². The van der Waals surface area contributed by atoms with Gasteiger partial charge in [-0.1, -0.05) is 30.3 Å². The van der Waals surface area contributed by atoms with Crippen molar-refractivity contribution < 1.29 is 18.7 Å². The zero-order valence-electron chi connectivity index (χ0n) is 12.8. The summed E-state index contributed by atoms with van der Waals surface area (Å²) in [6.45, 7) is 0. The molecule has 2 heterocycles. The van der Waals surface area contributed by atoms with E-state index in [1.54, 1.807) is 37.5 Å². The van der Waals surface area contributed by atoms with Gasteiger partial charge >= 0.3 is 0 Å². The largest absolute Gasteiger partial charge is 0.493 e.